The predicted octanol–water partition coefficient (Wildman–Crippen LogP) is 17.2. The molecule has 69 heavy (non-hydrogen) atoms. The molecule has 1 atom stereocenters. The van der Waals surface area contributed by atoms with Gasteiger partial charge in [0.2, 0.25) is 0 Å². The Balaban J connectivity index is 0.840. The Labute approximate surface area is 405 Å². The maximum atomic E-state index is 2.48. The van der Waals surface area contributed by atoms with Crippen LogP contribution in [0.1, 0.15) is 57.8 Å². The number of fused-ring (bicyclic) bond motifs is 5. The number of anilines is 3. The third-order valence-corrected chi connectivity index (χ3v) is 14.9. The molecule has 10 aromatic rings. The van der Waals surface area contributed by atoms with Crippen LogP contribution >= 0.6 is 0 Å². The molecular formula is C67H50N2. The minimum Gasteiger partial charge on any atom is -0.310 e. The fourth-order valence-corrected chi connectivity index (χ4v) is 11.8. The van der Waals surface area contributed by atoms with Crippen LogP contribution in [0.5, 0.6) is 0 Å². The largest absolute Gasteiger partial charge is 0.310 e. The van der Waals surface area contributed by atoms with E-state index in [1.54, 1.807) is 0 Å². The summed E-state index contributed by atoms with van der Waals surface area (Å²) in [4.78, 5) is 2.42. The molecule has 0 aliphatic heterocycles. The zero-order valence-electron chi connectivity index (χ0n) is 38.4. The van der Waals surface area contributed by atoms with Crippen LogP contribution in [0.25, 0.3) is 50.5 Å². The lowest BCUT2D eigenvalue weighted by molar-refractivity contribution is 0.756. The van der Waals surface area contributed by atoms with E-state index in [4.69, 9.17) is 0 Å². The van der Waals surface area contributed by atoms with E-state index in [0.29, 0.717) is 0 Å². The smallest absolute Gasteiger partial charge is 0.0710 e. The van der Waals surface area contributed by atoms with E-state index >= 15 is 0 Å². The van der Waals surface area contributed by atoms with Crippen molar-refractivity contribution in [3.05, 3.63) is 299 Å². The summed E-state index contributed by atoms with van der Waals surface area (Å²) in [6.45, 7) is 0. The second-order valence-electron chi connectivity index (χ2n) is 18.7. The van der Waals surface area contributed by atoms with Crippen LogP contribution < -0.4 is 4.90 Å². The van der Waals surface area contributed by atoms with Crippen LogP contribution in [0, 0.1) is 0 Å². The first kappa shape index (κ1) is 40.8. The molecule has 0 N–H and O–H groups in total. The maximum absolute atomic E-state index is 2.48. The number of para-hydroxylation sites is 2. The quantitative estimate of drug-likeness (QED) is 0.140. The van der Waals surface area contributed by atoms with E-state index in [9.17, 15) is 0 Å². The van der Waals surface area contributed by atoms with Crippen LogP contribution in [0.2, 0.25) is 0 Å². The molecule has 0 saturated carbocycles. The highest BCUT2D eigenvalue weighted by atomic mass is 15.1. The van der Waals surface area contributed by atoms with E-state index < -0.39 is 5.41 Å². The zero-order valence-corrected chi connectivity index (χ0v) is 38.4. The fraction of sp³-hybridized carbons (Fsp3) is 0.0746. The molecule has 0 spiro atoms. The van der Waals surface area contributed by atoms with Gasteiger partial charge in [0.25, 0.3) is 0 Å². The fourth-order valence-electron chi connectivity index (χ4n) is 11.8. The second-order valence-corrected chi connectivity index (χ2v) is 18.7. The molecule has 0 amide bonds. The van der Waals surface area contributed by atoms with Gasteiger partial charge in [0, 0.05) is 39.7 Å². The number of nitrogens with zero attached hydrogens (tertiary/aromatic N) is 2. The Kier molecular flexibility index (Phi) is 10.1. The summed E-state index contributed by atoms with van der Waals surface area (Å²) in [7, 11) is 0. The van der Waals surface area contributed by atoms with E-state index in [-0.39, 0.29) is 5.92 Å². The van der Waals surface area contributed by atoms with Crippen LogP contribution in [-0.4, -0.2) is 4.57 Å². The Morgan fingerprint density at radius 2 is 1.07 bits per heavy atom. The van der Waals surface area contributed by atoms with Gasteiger partial charge < -0.3 is 9.47 Å². The lowest BCUT2D eigenvalue weighted by atomic mass is 9.66. The molecule has 0 bridgehead atoms. The Morgan fingerprint density at radius 1 is 0.478 bits per heavy atom. The third kappa shape index (κ3) is 6.86. The van der Waals surface area contributed by atoms with E-state index in [1.807, 2.05) is 0 Å². The minimum atomic E-state index is -0.432. The Hall–Kier alpha value is -8.46. The van der Waals surface area contributed by atoms with Crippen LogP contribution in [0.4, 0.5) is 17.1 Å². The molecule has 13 rings (SSSR count). The molecule has 3 aliphatic rings. The van der Waals surface area contributed by atoms with Crippen LogP contribution in [0.15, 0.2) is 260 Å². The van der Waals surface area contributed by atoms with Gasteiger partial charge in [-0.25, -0.2) is 0 Å². The highest BCUT2D eigenvalue weighted by Crippen LogP contribution is 2.58. The summed E-state index contributed by atoms with van der Waals surface area (Å²) < 4.78 is 2.44. The molecule has 2 heteroatoms. The Bertz CT molecular complexity index is 3560. The number of aromatic nitrogens is 1. The van der Waals surface area contributed by atoms with Crippen molar-refractivity contribution < 1.29 is 0 Å². The SMILES string of the molecule is C1=CC2=C(CC1)c1ccc(N(c3ccccc3)c3ccc(-c4cccc([C@@H]5C=Cc6c(c7ccccc7n6-c6ccc(-c7ccccc7)cc6)C5)c4)cc3)cc1C2(c1ccccc1)c1ccccc1. The molecule has 0 radical (unpaired) electrons. The number of hydrogen-bond donors (Lipinski definition) is 0. The first-order valence-corrected chi connectivity index (χ1v) is 24.4. The summed E-state index contributed by atoms with van der Waals surface area (Å²) in [6.07, 6.45) is 12.6. The van der Waals surface area contributed by atoms with Gasteiger partial charge in [-0.05, 0) is 147 Å². The van der Waals surface area contributed by atoms with Gasteiger partial charge in [-0.2, -0.15) is 0 Å². The summed E-state index contributed by atoms with van der Waals surface area (Å²) in [5.74, 6) is 0.263. The highest BCUT2D eigenvalue weighted by molar-refractivity contribution is 5.92. The summed E-state index contributed by atoms with van der Waals surface area (Å²) in [5, 5.41) is 1.32. The summed E-state index contributed by atoms with van der Waals surface area (Å²) in [6, 6.07) is 87.3. The molecule has 0 saturated heterocycles. The first-order valence-electron chi connectivity index (χ1n) is 24.4. The van der Waals surface area contributed by atoms with Gasteiger partial charge in [0.1, 0.15) is 0 Å². The van der Waals surface area contributed by atoms with Crippen molar-refractivity contribution in [2.45, 2.75) is 30.6 Å². The number of allylic oxidation sites excluding steroid dienone is 5. The number of hydrogen-bond acceptors (Lipinski definition) is 1. The highest BCUT2D eigenvalue weighted by Gasteiger charge is 2.47. The van der Waals surface area contributed by atoms with Gasteiger partial charge in [-0.3, -0.25) is 0 Å². The van der Waals surface area contributed by atoms with Crippen molar-refractivity contribution >= 4 is 39.6 Å². The van der Waals surface area contributed by atoms with Gasteiger partial charge in [0.15, 0.2) is 0 Å². The van der Waals surface area contributed by atoms with E-state index in [2.05, 4.69) is 270 Å². The molecule has 9 aromatic carbocycles. The third-order valence-electron chi connectivity index (χ3n) is 14.9. The molecule has 328 valence electrons. The average Bonchev–Trinajstić information content (AvgIpc) is 3.92. The Morgan fingerprint density at radius 3 is 1.81 bits per heavy atom. The predicted molar refractivity (Wildman–Crippen MR) is 289 cm³/mol. The molecule has 2 nitrogen and oxygen atoms in total. The van der Waals surface area contributed by atoms with Crippen molar-refractivity contribution in [3.8, 4) is 27.9 Å². The molecule has 1 heterocycles. The maximum Gasteiger partial charge on any atom is 0.0710 e. The average molecular weight is 883 g/mol. The molecule has 0 fully saturated rings. The zero-order chi connectivity index (χ0) is 45.7. The van der Waals surface area contributed by atoms with Gasteiger partial charge in [-0.15, -0.1) is 0 Å². The standard InChI is InChI=1S/C67H50N2/c1-5-18-47(19-6-1)48-32-39-57(40-33-48)69-65-31-16-14-29-61(65)62-45-52(36-43-66(62)69)51-21-17-20-50(44-51)49-34-37-56(38-35-49)68(55-26-11-4-12-27-55)58-41-42-60-59-28-13-15-30-63(59)67(64(60)46-58,53-22-7-2-8-23-53)54-24-9-3-10-25-54/h1-12,14-27,29-44,46,52H,13,28,45H2/t52-/m1/s1. The van der Waals surface area contributed by atoms with Crippen molar-refractivity contribution in [3.63, 3.8) is 0 Å². The number of rotatable bonds is 9. The van der Waals surface area contributed by atoms with E-state index in [1.165, 1.54) is 89.1 Å². The van der Waals surface area contributed by atoms with Crippen LogP contribution in [-0.2, 0) is 11.8 Å². The van der Waals surface area contributed by atoms with Gasteiger partial charge in [0.05, 0.1) is 10.9 Å². The van der Waals surface area contributed by atoms with E-state index in [0.717, 1.165) is 36.3 Å². The molecule has 1 aromatic heterocycles. The molecule has 0 unspecified atom stereocenters. The minimum absolute atomic E-state index is 0.263. The normalized spacial score (nSPS) is 15.4. The monoisotopic (exact) mass is 882 g/mol. The second kappa shape index (κ2) is 17.0. The van der Waals surface area contributed by atoms with Crippen molar-refractivity contribution in [1.29, 1.82) is 0 Å². The summed E-state index contributed by atoms with van der Waals surface area (Å²) in [5.41, 5.74) is 22.4. The topological polar surface area (TPSA) is 8.17 Å². The lowest BCUT2D eigenvalue weighted by Gasteiger charge is -2.36. The van der Waals surface area contributed by atoms with Crippen LogP contribution in [0.3, 0.4) is 0 Å². The van der Waals surface area contributed by atoms with Crippen molar-refractivity contribution in [2.75, 3.05) is 4.90 Å². The molecule has 3 aliphatic carbocycles. The van der Waals surface area contributed by atoms with Crippen molar-refractivity contribution in [2.24, 2.45) is 0 Å². The molecular weight excluding hydrogens is 833 g/mol. The summed E-state index contributed by atoms with van der Waals surface area (Å²) >= 11 is 0. The van der Waals surface area contributed by atoms with Gasteiger partial charge >= 0.3 is 0 Å². The van der Waals surface area contributed by atoms with Gasteiger partial charge in [-0.1, -0.05) is 200 Å². The lowest BCUT2D eigenvalue weighted by Crippen LogP contribution is -2.29. The van der Waals surface area contributed by atoms with Crippen molar-refractivity contribution in [1.82, 2.24) is 4.57 Å². The number of benzene rings is 9. The first-order chi connectivity index (χ1) is 34.2.